The molecule has 2 saturated heterocycles. The van der Waals surface area contributed by atoms with Gasteiger partial charge in [-0.2, -0.15) is 0 Å². The monoisotopic (exact) mass is 293 g/mol. The van der Waals surface area contributed by atoms with Gasteiger partial charge in [0.15, 0.2) is 0 Å². The summed E-state index contributed by atoms with van der Waals surface area (Å²) in [5.74, 6) is 0. The van der Waals surface area contributed by atoms with Crippen LogP contribution in [0.2, 0.25) is 5.02 Å². The predicted molar refractivity (Wildman–Crippen MR) is 79.4 cm³/mol. The average Bonchev–Trinajstić information content (AvgIpc) is 2.84. The number of hydrogen-bond acceptors (Lipinski definition) is 2. The summed E-state index contributed by atoms with van der Waals surface area (Å²) in [6.07, 6.45) is 3.68. The van der Waals surface area contributed by atoms with Crippen LogP contribution in [0.25, 0.3) is 0 Å². The van der Waals surface area contributed by atoms with E-state index in [1.165, 1.54) is 19.3 Å². The number of nitrogens with zero attached hydrogens (tertiary/aromatic N) is 3. The van der Waals surface area contributed by atoms with Crippen molar-refractivity contribution in [2.75, 3.05) is 26.2 Å². The Morgan fingerprint density at radius 3 is 2.35 bits per heavy atom. The van der Waals surface area contributed by atoms with E-state index in [4.69, 9.17) is 11.6 Å². The van der Waals surface area contributed by atoms with Crippen molar-refractivity contribution >= 4 is 17.6 Å². The molecule has 0 saturated carbocycles. The Labute approximate surface area is 124 Å². The smallest absolute Gasteiger partial charge is 0.317 e. The minimum Gasteiger partial charge on any atom is -0.317 e. The molecule has 0 atom stereocenters. The van der Waals surface area contributed by atoms with Gasteiger partial charge in [0, 0.05) is 31.2 Å². The summed E-state index contributed by atoms with van der Waals surface area (Å²) in [5.41, 5.74) is 1.13. The molecule has 0 bridgehead atoms. The molecule has 3 rings (SSSR count). The van der Waals surface area contributed by atoms with Crippen molar-refractivity contribution in [2.45, 2.75) is 25.8 Å². The van der Waals surface area contributed by atoms with Crippen LogP contribution in [0, 0.1) is 0 Å². The zero-order valence-electron chi connectivity index (χ0n) is 11.6. The predicted octanol–water partition coefficient (Wildman–Crippen LogP) is 2.98. The minimum atomic E-state index is 0.141. The average molecular weight is 294 g/mol. The van der Waals surface area contributed by atoms with Crippen LogP contribution >= 0.6 is 11.6 Å². The molecule has 2 aliphatic heterocycles. The molecule has 4 nitrogen and oxygen atoms in total. The van der Waals surface area contributed by atoms with Gasteiger partial charge in [0.25, 0.3) is 0 Å². The maximum atomic E-state index is 12.5. The molecule has 0 spiro atoms. The fraction of sp³-hybridized carbons (Fsp3) is 0.533. The van der Waals surface area contributed by atoms with Crippen molar-refractivity contribution in [2.24, 2.45) is 0 Å². The molecule has 2 amide bonds. The van der Waals surface area contributed by atoms with Gasteiger partial charge in [-0.3, -0.25) is 5.01 Å². The summed E-state index contributed by atoms with van der Waals surface area (Å²) in [6.45, 7) is 4.31. The van der Waals surface area contributed by atoms with Crippen LogP contribution in [0.1, 0.15) is 24.8 Å². The zero-order chi connectivity index (χ0) is 13.9. The highest BCUT2D eigenvalue weighted by Gasteiger charge is 2.32. The maximum Gasteiger partial charge on any atom is 0.334 e. The van der Waals surface area contributed by atoms with Crippen LogP contribution in [0.5, 0.6) is 0 Å². The van der Waals surface area contributed by atoms with Crippen molar-refractivity contribution in [3.8, 4) is 0 Å². The molecule has 0 radical (unpaired) electrons. The molecule has 1 aromatic carbocycles. The number of amides is 2. The number of urea groups is 1. The lowest BCUT2D eigenvalue weighted by molar-refractivity contribution is 0.0122. The summed E-state index contributed by atoms with van der Waals surface area (Å²) in [4.78, 5) is 14.4. The van der Waals surface area contributed by atoms with Gasteiger partial charge >= 0.3 is 6.03 Å². The molecular weight excluding hydrogens is 274 g/mol. The van der Waals surface area contributed by atoms with Gasteiger partial charge in [0.2, 0.25) is 0 Å². The molecule has 2 fully saturated rings. The Morgan fingerprint density at radius 1 is 0.950 bits per heavy atom. The Bertz CT molecular complexity index is 471. The summed E-state index contributed by atoms with van der Waals surface area (Å²) >= 11 is 5.89. The highest BCUT2D eigenvalue weighted by Crippen LogP contribution is 2.19. The van der Waals surface area contributed by atoms with E-state index in [2.05, 4.69) is 5.01 Å². The van der Waals surface area contributed by atoms with Gasteiger partial charge in [-0.15, -0.1) is 0 Å². The molecule has 0 aliphatic carbocycles. The first kappa shape index (κ1) is 13.7. The normalized spacial score (nSPS) is 20.8. The number of hydrogen-bond donors (Lipinski definition) is 0. The van der Waals surface area contributed by atoms with Crippen LogP contribution in [0.4, 0.5) is 4.79 Å². The number of rotatable bonds is 3. The Hall–Kier alpha value is -1.26. The maximum absolute atomic E-state index is 12.5. The highest BCUT2D eigenvalue weighted by atomic mass is 35.5. The van der Waals surface area contributed by atoms with Crippen molar-refractivity contribution < 1.29 is 4.79 Å². The standard InChI is InChI=1S/C15H20ClN3O/c16-14-6-4-13(5-7-14)12-17-10-11-19(15(17)20)18-8-2-1-3-9-18/h4-7H,1-3,8-12H2. The second-order valence-corrected chi connectivity index (χ2v) is 5.90. The number of piperidine rings is 1. The van der Waals surface area contributed by atoms with Gasteiger partial charge in [-0.1, -0.05) is 30.2 Å². The summed E-state index contributed by atoms with van der Waals surface area (Å²) in [7, 11) is 0. The Kier molecular flexibility index (Phi) is 4.13. The third-order valence-electron chi connectivity index (χ3n) is 4.03. The van der Waals surface area contributed by atoms with Crippen LogP contribution in [0.15, 0.2) is 24.3 Å². The lowest BCUT2D eigenvalue weighted by atomic mass is 10.2. The van der Waals surface area contributed by atoms with Crippen LogP contribution in [-0.4, -0.2) is 47.1 Å². The van der Waals surface area contributed by atoms with Crippen LogP contribution < -0.4 is 0 Å². The first-order valence-corrected chi connectivity index (χ1v) is 7.67. The van der Waals surface area contributed by atoms with E-state index in [1.807, 2.05) is 34.2 Å². The van der Waals surface area contributed by atoms with E-state index in [-0.39, 0.29) is 6.03 Å². The second kappa shape index (κ2) is 6.02. The van der Waals surface area contributed by atoms with E-state index in [1.54, 1.807) is 0 Å². The Morgan fingerprint density at radius 2 is 1.65 bits per heavy atom. The molecule has 0 aromatic heterocycles. The molecule has 5 heteroatoms. The number of carbonyl (C=O) groups is 1. The largest absolute Gasteiger partial charge is 0.334 e. The number of carbonyl (C=O) groups excluding carboxylic acids is 1. The lowest BCUT2D eigenvalue weighted by Gasteiger charge is -2.34. The minimum absolute atomic E-state index is 0.141. The van der Waals surface area contributed by atoms with Gasteiger partial charge < -0.3 is 4.90 Å². The first-order valence-electron chi connectivity index (χ1n) is 7.30. The molecule has 2 aliphatic rings. The number of hydrazine groups is 1. The molecule has 0 unspecified atom stereocenters. The molecule has 20 heavy (non-hydrogen) atoms. The van der Waals surface area contributed by atoms with E-state index in [0.29, 0.717) is 6.54 Å². The van der Waals surface area contributed by atoms with Crippen molar-refractivity contribution in [3.05, 3.63) is 34.9 Å². The fourth-order valence-electron chi connectivity index (χ4n) is 2.91. The highest BCUT2D eigenvalue weighted by molar-refractivity contribution is 6.30. The lowest BCUT2D eigenvalue weighted by Crippen LogP contribution is -2.47. The SMILES string of the molecule is O=C1N(Cc2ccc(Cl)cc2)CCN1N1CCCCC1. The fourth-order valence-corrected chi connectivity index (χ4v) is 3.03. The van der Waals surface area contributed by atoms with Gasteiger partial charge in [-0.05, 0) is 30.5 Å². The topological polar surface area (TPSA) is 26.8 Å². The number of halogens is 1. The number of benzene rings is 1. The quantitative estimate of drug-likeness (QED) is 0.856. The molecule has 2 heterocycles. The van der Waals surface area contributed by atoms with Crippen molar-refractivity contribution in [3.63, 3.8) is 0 Å². The van der Waals surface area contributed by atoms with E-state index in [0.717, 1.165) is 36.8 Å². The molecule has 1 aromatic rings. The van der Waals surface area contributed by atoms with Crippen LogP contribution in [0.3, 0.4) is 0 Å². The Balaban J connectivity index is 1.61. The zero-order valence-corrected chi connectivity index (χ0v) is 12.4. The van der Waals surface area contributed by atoms with E-state index >= 15 is 0 Å². The van der Waals surface area contributed by atoms with E-state index in [9.17, 15) is 4.79 Å². The molecule has 0 N–H and O–H groups in total. The summed E-state index contributed by atoms with van der Waals surface area (Å²) in [5, 5.41) is 4.87. The third-order valence-corrected chi connectivity index (χ3v) is 4.29. The second-order valence-electron chi connectivity index (χ2n) is 5.47. The van der Waals surface area contributed by atoms with Crippen molar-refractivity contribution in [1.82, 2.24) is 14.9 Å². The van der Waals surface area contributed by atoms with Crippen molar-refractivity contribution in [1.29, 1.82) is 0 Å². The summed E-state index contributed by atoms with van der Waals surface area (Å²) < 4.78 is 0. The first-order chi connectivity index (χ1) is 9.74. The summed E-state index contributed by atoms with van der Waals surface area (Å²) in [6, 6.07) is 7.86. The van der Waals surface area contributed by atoms with Gasteiger partial charge in [0.1, 0.15) is 0 Å². The molecule has 108 valence electrons. The van der Waals surface area contributed by atoms with Gasteiger partial charge in [-0.25, -0.2) is 9.80 Å². The van der Waals surface area contributed by atoms with E-state index < -0.39 is 0 Å². The van der Waals surface area contributed by atoms with Crippen LogP contribution in [-0.2, 0) is 6.54 Å². The third kappa shape index (κ3) is 2.91. The van der Waals surface area contributed by atoms with Gasteiger partial charge in [0.05, 0.1) is 6.54 Å². The molecular formula is C15H20ClN3O.